The van der Waals surface area contributed by atoms with Gasteiger partial charge in [0.2, 0.25) is 5.91 Å². The van der Waals surface area contributed by atoms with Crippen LogP contribution in [0.1, 0.15) is 239 Å². The van der Waals surface area contributed by atoms with Crippen LogP contribution < -0.4 is 10.2 Å². The second kappa shape index (κ2) is 47.4. The summed E-state index contributed by atoms with van der Waals surface area (Å²) in [6, 6.07) is -0.900. The van der Waals surface area contributed by atoms with Gasteiger partial charge in [-0.1, -0.05) is 210 Å². The molecule has 3 unspecified atom stereocenters. The average molecular weight is 961 g/mol. The number of unbranched alkanes of at least 4 members (excludes halogenated alkanes) is 27. The number of hydrogen-bond acceptors (Lipinski definition) is 7. The van der Waals surface area contributed by atoms with E-state index < -0.39 is 26.6 Å². The first kappa shape index (κ1) is 64.7. The fourth-order valence-corrected chi connectivity index (χ4v) is 8.41. The van der Waals surface area contributed by atoms with Crippen molar-refractivity contribution in [3.63, 3.8) is 0 Å². The predicted molar refractivity (Wildman–Crippen MR) is 284 cm³/mol. The number of nitrogens with one attached hydrogen (secondary N) is 1. The third kappa shape index (κ3) is 48.5. The second-order valence-electron chi connectivity index (χ2n) is 19.8. The van der Waals surface area contributed by atoms with Gasteiger partial charge < -0.3 is 28.5 Å². The summed E-state index contributed by atoms with van der Waals surface area (Å²) in [4.78, 5) is 39.8. The van der Waals surface area contributed by atoms with E-state index in [0.717, 1.165) is 83.5 Å². The Bertz CT molecular complexity index is 1340. The number of nitrogens with zero attached hydrogens (tertiary/aromatic N) is 1. The Morgan fingerprint density at radius 2 is 0.970 bits per heavy atom. The summed E-state index contributed by atoms with van der Waals surface area (Å²) in [6.45, 7) is 6.68. The van der Waals surface area contributed by atoms with Gasteiger partial charge >= 0.3 is 5.97 Å². The number of allylic oxidation sites excluding steroid dienone is 9. The van der Waals surface area contributed by atoms with Crippen molar-refractivity contribution in [2.75, 3.05) is 40.9 Å². The van der Waals surface area contributed by atoms with E-state index >= 15 is 0 Å². The predicted octanol–water partition coefficient (Wildman–Crippen LogP) is 15.7. The first-order valence-electron chi connectivity index (χ1n) is 27.6. The summed E-state index contributed by atoms with van der Waals surface area (Å²) in [5, 5.41) is 3.01. The lowest BCUT2D eigenvalue weighted by Gasteiger charge is -2.30. The molecule has 10 heteroatoms. The molecule has 0 aromatic carbocycles. The van der Waals surface area contributed by atoms with Crippen molar-refractivity contribution in [2.24, 2.45) is 0 Å². The number of phosphoric ester groups is 1. The van der Waals surface area contributed by atoms with E-state index in [4.69, 9.17) is 13.8 Å². The topological polar surface area (TPSA) is 114 Å². The van der Waals surface area contributed by atoms with Gasteiger partial charge in [0.05, 0.1) is 33.8 Å². The van der Waals surface area contributed by atoms with Gasteiger partial charge in [-0.2, -0.15) is 0 Å². The van der Waals surface area contributed by atoms with Gasteiger partial charge in [-0.3, -0.25) is 14.2 Å². The third-order valence-electron chi connectivity index (χ3n) is 12.0. The Morgan fingerprint density at radius 1 is 0.537 bits per heavy atom. The van der Waals surface area contributed by atoms with Crippen LogP contribution in [0.3, 0.4) is 0 Å². The number of amides is 1. The third-order valence-corrected chi connectivity index (χ3v) is 13.0. The standard InChI is InChI=1S/C57H105N2O7P/c1-7-10-13-16-19-22-25-28-29-32-34-37-40-43-46-49-56(60)58-54(53-65-67(62,63)64-52-51-59(4,5)6)55(48-45-42-39-36-33-30-26-23-20-17-14-11-8-2)66-57(61)50-47-44-41-38-35-31-27-24-21-18-15-12-9-3/h10,13,16,19,22,25,31,35,45,48,54-55H,7-9,11-12,14-15,17-18,20-21,23-24,26-30,32-34,36-44,46-47,49-53H2,1-6H3,(H-,58,60,62,63)/b13-10+,19-16+,25-22+,35-31-,48-45+. The van der Waals surface area contributed by atoms with Crippen LogP contribution >= 0.6 is 7.82 Å². The van der Waals surface area contributed by atoms with E-state index in [-0.39, 0.29) is 24.9 Å². The fraction of sp³-hybridized carbons (Fsp3) is 0.789. The van der Waals surface area contributed by atoms with Gasteiger partial charge in [-0.15, -0.1) is 0 Å². The Balaban J connectivity index is 5.44. The first-order valence-corrected chi connectivity index (χ1v) is 29.1. The molecule has 0 rings (SSSR count). The molecule has 0 saturated heterocycles. The Hall–Kier alpha value is -2.29. The van der Waals surface area contributed by atoms with Gasteiger partial charge in [-0.05, 0) is 76.7 Å². The smallest absolute Gasteiger partial charge is 0.306 e. The maximum Gasteiger partial charge on any atom is 0.306 e. The SMILES string of the molecule is CC/C=C/C=C/C=C/CCCCCCCCCC(=O)NC(COP(=O)([O-])OCC[N+](C)(C)C)C(/C=C/CCCCCCCCCCCCC)OC(=O)CCCCC/C=C\CCCCCCCC. The minimum atomic E-state index is -4.70. The minimum Gasteiger partial charge on any atom is -0.756 e. The van der Waals surface area contributed by atoms with Crippen molar-refractivity contribution < 1.29 is 37.3 Å². The molecule has 3 atom stereocenters. The Morgan fingerprint density at radius 3 is 1.48 bits per heavy atom. The highest BCUT2D eigenvalue weighted by Crippen LogP contribution is 2.38. The summed E-state index contributed by atoms with van der Waals surface area (Å²) in [5.74, 6) is -0.574. The Labute approximate surface area is 413 Å². The molecule has 0 bridgehead atoms. The largest absolute Gasteiger partial charge is 0.756 e. The number of rotatable bonds is 49. The van der Waals surface area contributed by atoms with Gasteiger partial charge in [0, 0.05) is 12.8 Å². The fourth-order valence-electron chi connectivity index (χ4n) is 7.69. The van der Waals surface area contributed by atoms with E-state index in [1.54, 1.807) is 0 Å². The highest BCUT2D eigenvalue weighted by Gasteiger charge is 2.27. The molecule has 0 spiro atoms. The number of likely N-dealkylation sites (N-methyl/N-ethyl adjacent to an activating group) is 1. The molecule has 0 aromatic heterocycles. The van der Waals surface area contributed by atoms with Crippen LogP contribution in [0.4, 0.5) is 0 Å². The van der Waals surface area contributed by atoms with Crippen molar-refractivity contribution in [2.45, 2.75) is 251 Å². The zero-order chi connectivity index (χ0) is 49.4. The number of ether oxygens (including phenoxy) is 1. The molecule has 0 aromatic rings. The normalized spacial score (nSPS) is 14.3. The number of phosphoric acid groups is 1. The highest BCUT2D eigenvalue weighted by atomic mass is 31.2. The van der Waals surface area contributed by atoms with Gasteiger partial charge in [0.15, 0.2) is 0 Å². The molecule has 0 heterocycles. The summed E-state index contributed by atoms with van der Waals surface area (Å²) < 4.78 is 30.2. The van der Waals surface area contributed by atoms with E-state index in [0.29, 0.717) is 23.9 Å². The summed E-state index contributed by atoms with van der Waals surface area (Å²) >= 11 is 0. The van der Waals surface area contributed by atoms with E-state index in [1.165, 1.54) is 116 Å². The molecule has 0 aliphatic heterocycles. The van der Waals surface area contributed by atoms with E-state index in [2.05, 4.69) is 74.7 Å². The molecule has 0 aliphatic carbocycles. The van der Waals surface area contributed by atoms with Crippen molar-refractivity contribution in [1.82, 2.24) is 5.32 Å². The van der Waals surface area contributed by atoms with Crippen molar-refractivity contribution in [1.29, 1.82) is 0 Å². The molecule has 9 nitrogen and oxygen atoms in total. The lowest BCUT2D eigenvalue weighted by molar-refractivity contribution is -0.870. The van der Waals surface area contributed by atoms with Crippen LogP contribution in [0, 0.1) is 0 Å². The van der Waals surface area contributed by atoms with Crippen LogP contribution in [-0.2, 0) is 27.9 Å². The van der Waals surface area contributed by atoms with E-state index in [9.17, 15) is 19.0 Å². The van der Waals surface area contributed by atoms with Crippen LogP contribution in [0.25, 0.3) is 0 Å². The van der Waals surface area contributed by atoms with Crippen LogP contribution in [-0.4, -0.2) is 69.4 Å². The summed E-state index contributed by atoms with van der Waals surface area (Å²) in [6.07, 6.45) is 57.5. The lowest BCUT2D eigenvalue weighted by atomic mass is 10.0. The van der Waals surface area contributed by atoms with Gasteiger partial charge in [-0.25, -0.2) is 0 Å². The number of esters is 1. The number of quaternary nitrogens is 1. The summed E-state index contributed by atoms with van der Waals surface area (Å²) in [5.41, 5.74) is 0. The zero-order valence-corrected chi connectivity index (χ0v) is 45.2. The monoisotopic (exact) mass is 961 g/mol. The minimum absolute atomic E-state index is 0.0284. The van der Waals surface area contributed by atoms with Crippen LogP contribution in [0.5, 0.6) is 0 Å². The van der Waals surface area contributed by atoms with Crippen molar-refractivity contribution in [3.05, 3.63) is 60.8 Å². The average Bonchev–Trinajstić information content (AvgIpc) is 3.28. The molecule has 0 saturated carbocycles. The summed E-state index contributed by atoms with van der Waals surface area (Å²) in [7, 11) is 1.16. The number of hydrogen-bond donors (Lipinski definition) is 1. The quantitative estimate of drug-likeness (QED) is 0.0161. The zero-order valence-electron chi connectivity index (χ0n) is 44.3. The maximum absolute atomic E-state index is 13.4. The van der Waals surface area contributed by atoms with Crippen LogP contribution in [0.2, 0.25) is 0 Å². The van der Waals surface area contributed by atoms with Crippen LogP contribution in [0.15, 0.2) is 60.8 Å². The van der Waals surface area contributed by atoms with Gasteiger partial charge in [0.1, 0.15) is 19.3 Å². The van der Waals surface area contributed by atoms with E-state index in [1.807, 2.05) is 33.3 Å². The molecule has 67 heavy (non-hydrogen) atoms. The maximum atomic E-state index is 13.4. The Kier molecular flexibility index (Phi) is 45.8. The highest BCUT2D eigenvalue weighted by molar-refractivity contribution is 7.45. The molecule has 390 valence electrons. The molecule has 0 fully saturated rings. The lowest BCUT2D eigenvalue weighted by Crippen LogP contribution is -2.47. The molecule has 1 amide bonds. The second-order valence-corrected chi connectivity index (χ2v) is 21.2. The first-order chi connectivity index (χ1) is 32.4. The van der Waals surface area contributed by atoms with Gasteiger partial charge in [0.25, 0.3) is 7.82 Å². The van der Waals surface area contributed by atoms with Crippen molar-refractivity contribution >= 4 is 19.7 Å². The molecular weight excluding hydrogens is 856 g/mol. The molecular formula is C57H105N2O7P. The molecule has 1 N–H and O–H groups in total. The van der Waals surface area contributed by atoms with Crippen molar-refractivity contribution in [3.8, 4) is 0 Å². The molecule has 0 radical (unpaired) electrons. The molecule has 0 aliphatic rings. The number of carbonyl (C=O) groups excluding carboxylic acids is 2. The number of carbonyl (C=O) groups is 2.